The van der Waals surface area contributed by atoms with E-state index in [-0.39, 0.29) is 0 Å². The number of hydrogen-bond donors (Lipinski definition) is 1. The first-order chi connectivity index (χ1) is 11.5. The minimum absolute atomic E-state index is 0.577. The normalized spacial score (nSPS) is 11.7. The molecule has 0 saturated heterocycles. The van der Waals surface area contributed by atoms with Crippen molar-refractivity contribution >= 4 is 11.6 Å². The van der Waals surface area contributed by atoms with Gasteiger partial charge in [-0.3, -0.25) is 4.90 Å². The van der Waals surface area contributed by atoms with Crippen LogP contribution in [0.15, 0.2) is 48.5 Å². The molecule has 0 heterocycles. The molecule has 0 aliphatic heterocycles. The highest BCUT2D eigenvalue weighted by molar-refractivity contribution is 6.30. The molecule has 0 bridgehead atoms. The molecule has 0 saturated carbocycles. The van der Waals surface area contributed by atoms with Gasteiger partial charge in [0.15, 0.2) is 0 Å². The Kier molecular flexibility index (Phi) is 7.29. The summed E-state index contributed by atoms with van der Waals surface area (Å²) in [5, 5.41) is 4.37. The average molecular weight is 345 g/mol. The van der Waals surface area contributed by atoms with Crippen LogP contribution in [0, 0.1) is 0 Å². The molecular formula is C21H29ClN2. The van der Waals surface area contributed by atoms with Gasteiger partial charge in [-0.1, -0.05) is 48.0 Å². The highest BCUT2D eigenvalue weighted by Crippen LogP contribution is 2.25. The van der Waals surface area contributed by atoms with Gasteiger partial charge in [0.1, 0.15) is 0 Å². The molecule has 2 nitrogen and oxygen atoms in total. The zero-order valence-electron chi connectivity index (χ0n) is 15.2. The second-order valence-corrected chi connectivity index (χ2v) is 7.20. The molecule has 0 fully saturated rings. The van der Waals surface area contributed by atoms with E-state index >= 15 is 0 Å². The Bertz CT molecular complexity index is 612. The van der Waals surface area contributed by atoms with E-state index in [1.165, 1.54) is 16.7 Å². The van der Waals surface area contributed by atoms with E-state index in [2.05, 4.69) is 74.3 Å². The summed E-state index contributed by atoms with van der Waals surface area (Å²) in [7, 11) is 0. The summed E-state index contributed by atoms with van der Waals surface area (Å²) in [5.74, 6) is 0. The molecular weight excluding hydrogens is 316 g/mol. The van der Waals surface area contributed by atoms with Gasteiger partial charge >= 0.3 is 0 Å². The van der Waals surface area contributed by atoms with Crippen LogP contribution in [-0.2, 0) is 6.54 Å². The standard InChI is InChI=1S/C21H29ClN2/c1-16(2)24(17(3)4)14-13-23-15-19-7-5-6-8-21(19)18-9-11-20(22)12-10-18/h5-12,16-17,23H,13-15H2,1-4H3. The lowest BCUT2D eigenvalue weighted by Gasteiger charge is -2.30. The molecule has 2 aromatic rings. The van der Waals surface area contributed by atoms with Gasteiger partial charge < -0.3 is 5.32 Å². The Morgan fingerprint density at radius 2 is 1.54 bits per heavy atom. The fourth-order valence-electron chi connectivity index (χ4n) is 3.13. The minimum atomic E-state index is 0.577. The monoisotopic (exact) mass is 344 g/mol. The lowest BCUT2D eigenvalue weighted by atomic mass is 10.00. The van der Waals surface area contributed by atoms with Crippen molar-refractivity contribution in [3.05, 3.63) is 59.1 Å². The molecule has 0 radical (unpaired) electrons. The predicted molar refractivity (Wildman–Crippen MR) is 106 cm³/mol. The van der Waals surface area contributed by atoms with Crippen LogP contribution in [0.3, 0.4) is 0 Å². The summed E-state index contributed by atoms with van der Waals surface area (Å²) in [4.78, 5) is 2.51. The van der Waals surface area contributed by atoms with E-state index in [4.69, 9.17) is 11.6 Å². The topological polar surface area (TPSA) is 15.3 Å². The molecule has 0 atom stereocenters. The number of hydrogen-bond acceptors (Lipinski definition) is 2. The minimum Gasteiger partial charge on any atom is -0.311 e. The van der Waals surface area contributed by atoms with E-state index in [0.29, 0.717) is 12.1 Å². The lowest BCUT2D eigenvalue weighted by molar-refractivity contribution is 0.176. The summed E-state index contributed by atoms with van der Waals surface area (Å²) in [6, 6.07) is 17.8. The third-order valence-electron chi connectivity index (χ3n) is 4.36. The summed E-state index contributed by atoms with van der Waals surface area (Å²) in [6.07, 6.45) is 0. The van der Waals surface area contributed by atoms with Gasteiger partial charge in [-0.25, -0.2) is 0 Å². The predicted octanol–water partition coefficient (Wildman–Crippen LogP) is 5.22. The first-order valence-electron chi connectivity index (χ1n) is 8.79. The van der Waals surface area contributed by atoms with E-state index in [1.54, 1.807) is 0 Å². The maximum Gasteiger partial charge on any atom is 0.0406 e. The molecule has 130 valence electrons. The van der Waals surface area contributed by atoms with E-state index in [0.717, 1.165) is 24.7 Å². The van der Waals surface area contributed by atoms with Crippen molar-refractivity contribution in [2.24, 2.45) is 0 Å². The molecule has 0 aliphatic carbocycles. The fraction of sp³-hybridized carbons (Fsp3) is 0.429. The third kappa shape index (κ3) is 5.34. The average Bonchev–Trinajstić information content (AvgIpc) is 2.55. The van der Waals surface area contributed by atoms with Crippen LogP contribution in [0.4, 0.5) is 0 Å². The van der Waals surface area contributed by atoms with Crippen LogP contribution in [0.1, 0.15) is 33.3 Å². The number of nitrogens with zero attached hydrogens (tertiary/aromatic N) is 1. The number of halogens is 1. The van der Waals surface area contributed by atoms with E-state index in [1.807, 2.05) is 12.1 Å². The van der Waals surface area contributed by atoms with Gasteiger partial charge in [0.2, 0.25) is 0 Å². The fourth-order valence-corrected chi connectivity index (χ4v) is 3.26. The van der Waals surface area contributed by atoms with Crippen LogP contribution in [0.25, 0.3) is 11.1 Å². The van der Waals surface area contributed by atoms with Crippen LogP contribution in [0.5, 0.6) is 0 Å². The number of benzene rings is 2. The molecule has 0 aromatic heterocycles. The maximum atomic E-state index is 6.00. The van der Waals surface area contributed by atoms with Gasteiger partial charge in [-0.05, 0) is 56.5 Å². The Balaban J connectivity index is 1.97. The molecule has 3 heteroatoms. The summed E-state index contributed by atoms with van der Waals surface area (Å²) in [6.45, 7) is 12.0. The third-order valence-corrected chi connectivity index (χ3v) is 4.61. The molecule has 2 rings (SSSR count). The van der Waals surface area contributed by atoms with Crippen molar-refractivity contribution in [2.45, 2.75) is 46.3 Å². The van der Waals surface area contributed by atoms with E-state index in [9.17, 15) is 0 Å². The van der Waals surface area contributed by atoms with Gasteiger partial charge in [-0.2, -0.15) is 0 Å². The van der Waals surface area contributed by atoms with Crippen LogP contribution in [0.2, 0.25) is 5.02 Å². The Morgan fingerprint density at radius 3 is 2.17 bits per heavy atom. The smallest absolute Gasteiger partial charge is 0.0406 e. The molecule has 2 aromatic carbocycles. The van der Waals surface area contributed by atoms with Crippen molar-refractivity contribution < 1.29 is 0 Å². The SMILES string of the molecule is CC(C)N(CCNCc1ccccc1-c1ccc(Cl)cc1)C(C)C. The highest BCUT2D eigenvalue weighted by atomic mass is 35.5. The Hall–Kier alpha value is -1.35. The van der Waals surface area contributed by atoms with Gasteiger partial charge in [-0.15, -0.1) is 0 Å². The van der Waals surface area contributed by atoms with Crippen molar-refractivity contribution in [2.75, 3.05) is 13.1 Å². The quantitative estimate of drug-likeness (QED) is 0.661. The van der Waals surface area contributed by atoms with Gasteiger partial charge in [0.05, 0.1) is 0 Å². The van der Waals surface area contributed by atoms with Crippen LogP contribution < -0.4 is 5.32 Å². The van der Waals surface area contributed by atoms with E-state index < -0.39 is 0 Å². The van der Waals surface area contributed by atoms with Crippen molar-refractivity contribution in [1.29, 1.82) is 0 Å². The summed E-state index contributed by atoms with van der Waals surface area (Å²) < 4.78 is 0. The summed E-state index contributed by atoms with van der Waals surface area (Å²) >= 11 is 6.00. The number of nitrogens with one attached hydrogen (secondary N) is 1. The molecule has 0 spiro atoms. The van der Waals surface area contributed by atoms with Crippen LogP contribution >= 0.6 is 11.6 Å². The second-order valence-electron chi connectivity index (χ2n) is 6.77. The zero-order chi connectivity index (χ0) is 17.5. The molecule has 24 heavy (non-hydrogen) atoms. The second kappa shape index (κ2) is 9.22. The Labute approximate surface area is 151 Å². The first kappa shape index (κ1) is 19.0. The molecule has 0 aliphatic rings. The molecule has 1 N–H and O–H groups in total. The van der Waals surface area contributed by atoms with Gasteiger partial charge in [0.25, 0.3) is 0 Å². The van der Waals surface area contributed by atoms with Gasteiger partial charge in [0, 0.05) is 36.7 Å². The highest BCUT2D eigenvalue weighted by Gasteiger charge is 2.12. The summed E-state index contributed by atoms with van der Waals surface area (Å²) in [5.41, 5.74) is 3.80. The van der Waals surface area contributed by atoms with Crippen molar-refractivity contribution in [1.82, 2.24) is 10.2 Å². The first-order valence-corrected chi connectivity index (χ1v) is 9.17. The zero-order valence-corrected chi connectivity index (χ0v) is 16.0. The lowest BCUT2D eigenvalue weighted by Crippen LogP contribution is -2.41. The van der Waals surface area contributed by atoms with Crippen molar-refractivity contribution in [3.63, 3.8) is 0 Å². The number of rotatable bonds is 8. The molecule has 0 unspecified atom stereocenters. The van der Waals surface area contributed by atoms with Crippen molar-refractivity contribution in [3.8, 4) is 11.1 Å². The maximum absolute atomic E-state index is 6.00. The largest absolute Gasteiger partial charge is 0.311 e. The van der Waals surface area contributed by atoms with Crippen LogP contribution in [-0.4, -0.2) is 30.1 Å². The Morgan fingerprint density at radius 1 is 0.917 bits per heavy atom. The molecule has 0 amide bonds.